The van der Waals surface area contributed by atoms with E-state index in [9.17, 15) is 22.8 Å². The van der Waals surface area contributed by atoms with Crippen LogP contribution in [-0.4, -0.2) is 48.4 Å². The average molecular weight is 455 g/mol. The zero-order valence-electron chi connectivity index (χ0n) is 16.8. The molecule has 0 unspecified atom stereocenters. The molecule has 2 heterocycles. The summed E-state index contributed by atoms with van der Waals surface area (Å²) in [5.41, 5.74) is -0.314. The van der Waals surface area contributed by atoms with Crippen LogP contribution < -0.4 is 10.2 Å². The van der Waals surface area contributed by atoms with Gasteiger partial charge in [-0.25, -0.2) is 4.98 Å². The Morgan fingerprint density at radius 1 is 1.19 bits per heavy atom. The predicted octanol–water partition coefficient (Wildman–Crippen LogP) is 4.07. The van der Waals surface area contributed by atoms with Crippen LogP contribution in [0.1, 0.15) is 18.4 Å². The fraction of sp³-hybridized carbons (Fsp3) is 0.381. The maximum atomic E-state index is 12.7. The third-order valence-electron chi connectivity index (χ3n) is 5.15. The molecule has 6 nitrogen and oxygen atoms in total. The summed E-state index contributed by atoms with van der Waals surface area (Å²) in [5, 5.41) is 3.09. The smallest absolute Gasteiger partial charge is 0.357 e. The molecule has 0 atom stereocenters. The lowest BCUT2D eigenvalue weighted by molar-refractivity contribution is -0.138. The molecule has 31 heavy (non-hydrogen) atoms. The van der Waals surface area contributed by atoms with Crippen LogP contribution in [0, 0.1) is 5.92 Å². The molecular weight excluding hydrogens is 433 g/mol. The van der Waals surface area contributed by atoms with Crippen LogP contribution in [0.3, 0.4) is 0 Å². The second-order valence-electron chi connectivity index (χ2n) is 7.39. The Morgan fingerprint density at radius 3 is 2.45 bits per heavy atom. The molecule has 1 aromatic heterocycles. The molecule has 2 amide bonds. The van der Waals surface area contributed by atoms with E-state index in [0.717, 1.165) is 12.3 Å². The van der Waals surface area contributed by atoms with Crippen molar-refractivity contribution in [2.24, 2.45) is 5.92 Å². The quantitative estimate of drug-likeness (QED) is 0.739. The minimum Gasteiger partial charge on any atom is -0.357 e. The van der Waals surface area contributed by atoms with Crippen LogP contribution in [-0.2, 0) is 15.8 Å². The van der Waals surface area contributed by atoms with Gasteiger partial charge in [0, 0.05) is 32.3 Å². The molecule has 1 N–H and O–H groups in total. The van der Waals surface area contributed by atoms with Crippen LogP contribution in [0.4, 0.5) is 24.7 Å². The number of nitrogens with zero attached hydrogens (tertiary/aromatic N) is 3. The number of hydrogen-bond acceptors (Lipinski definition) is 4. The second-order valence-corrected chi connectivity index (χ2v) is 7.79. The third-order valence-corrected chi connectivity index (χ3v) is 5.48. The fourth-order valence-corrected chi connectivity index (χ4v) is 3.64. The number of amides is 2. The number of piperidine rings is 1. The van der Waals surface area contributed by atoms with Gasteiger partial charge in [-0.05, 0) is 37.1 Å². The minimum absolute atomic E-state index is 0.106. The number of aromatic nitrogens is 1. The maximum Gasteiger partial charge on any atom is 0.417 e. The van der Waals surface area contributed by atoms with Gasteiger partial charge in [-0.3, -0.25) is 9.59 Å². The number of carbonyl (C=O) groups is 2. The zero-order valence-corrected chi connectivity index (χ0v) is 17.6. The number of hydrogen-bond donors (Lipinski definition) is 1. The summed E-state index contributed by atoms with van der Waals surface area (Å²) in [7, 11) is 1.57. The Kier molecular flexibility index (Phi) is 7.04. The Morgan fingerprint density at radius 2 is 1.87 bits per heavy atom. The first kappa shape index (κ1) is 22.9. The number of anilines is 2. The highest BCUT2D eigenvalue weighted by atomic mass is 35.5. The molecule has 10 heteroatoms. The fourth-order valence-electron chi connectivity index (χ4n) is 3.45. The minimum atomic E-state index is -4.42. The van der Waals surface area contributed by atoms with E-state index >= 15 is 0 Å². The lowest BCUT2D eigenvalue weighted by Gasteiger charge is -2.33. The van der Waals surface area contributed by atoms with E-state index in [0.29, 0.717) is 42.5 Å². The standard InChI is InChI=1S/C21H22ClF3N4O2/c1-28(13-19(30)27-17-5-3-2-4-16(17)22)20(31)14-8-10-29(11-9-14)18-7-6-15(12-26-18)21(23,24)25/h2-7,12,14H,8-11,13H2,1H3,(H,27,30). The summed E-state index contributed by atoms with van der Waals surface area (Å²) in [6.45, 7) is 0.883. The van der Waals surface area contributed by atoms with Crippen LogP contribution in [0.25, 0.3) is 0 Å². The van der Waals surface area contributed by atoms with Crippen LogP contribution in [0.2, 0.25) is 5.02 Å². The van der Waals surface area contributed by atoms with Gasteiger partial charge in [0.15, 0.2) is 0 Å². The third kappa shape index (κ3) is 5.88. The number of nitrogens with one attached hydrogen (secondary N) is 1. The Balaban J connectivity index is 1.50. The number of rotatable bonds is 5. The Hall–Kier alpha value is -2.81. The molecule has 1 aliphatic rings. The second kappa shape index (κ2) is 9.55. The molecule has 1 fully saturated rings. The highest BCUT2D eigenvalue weighted by Crippen LogP contribution is 2.30. The van der Waals surface area contributed by atoms with Crippen molar-refractivity contribution in [3.63, 3.8) is 0 Å². The maximum absolute atomic E-state index is 12.7. The van der Waals surface area contributed by atoms with Gasteiger partial charge in [0.05, 0.1) is 22.8 Å². The number of pyridine rings is 1. The van der Waals surface area contributed by atoms with Gasteiger partial charge in [-0.2, -0.15) is 13.2 Å². The molecule has 0 radical (unpaired) electrons. The molecule has 3 rings (SSSR count). The first-order chi connectivity index (χ1) is 14.6. The zero-order chi connectivity index (χ0) is 22.6. The summed E-state index contributed by atoms with van der Waals surface area (Å²) >= 11 is 6.02. The molecular formula is C21H22ClF3N4O2. The highest BCUT2D eigenvalue weighted by Gasteiger charge is 2.32. The van der Waals surface area contributed by atoms with Crippen LogP contribution in [0.5, 0.6) is 0 Å². The van der Waals surface area contributed by atoms with Crippen molar-refractivity contribution in [1.29, 1.82) is 0 Å². The van der Waals surface area contributed by atoms with Gasteiger partial charge in [-0.15, -0.1) is 0 Å². The summed E-state index contributed by atoms with van der Waals surface area (Å²) in [5.74, 6) is -0.306. The lowest BCUT2D eigenvalue weighted by atomic mass is 9.95. The largest absolute Gasteiger partial charge is 0.417 e. The predicted molar refractivity (Wildman–Crippen MR) is 112 cm³/mol. The molecule has 2 aromatic rings. The number of carbonyl (C=O) groups excluding carboxylic acids is 2. The molecule has 1 aromatic carbocycles. The Labute approximate surface area is 183 Å². The number of likely N-dealkylation sites (N-methyl/N-ethyl adjacent to an activating group) is 1. The van der Waals surface area contributed by atoms with Gasteiger partial charge in [-0.1, -0.05) is 23.7 Å². The first-order valence-corrected chi connectivity index (χ1v) is 10.1. The van der Waals surface area contributed by atoms with E-state index in [1.807, 2.05) is 4.90 Å². The number of benzene rings is 1. The topological polar surface area (TPSA) is 65.5 Å². The molecule has 1 saturated heterocycles. The van der Waals surface area contributed by atoms with E-state index in [4.69, 9.17) is 11.6 Å². The van der Waals surface area contributed by atoms with E-state index in [1.165, 1.54) is 11.0 Å². The number of halogens is 4. The van der Waals surface area contributed by atoms with Gasteiger partial charge in [0.25, 0.3) is 0 Å². The molecule has 0 bridgehead atoms. The van der Waals surface area contributed by atoms with Gasteiger partial charge in [0.1, 0.15) is 5.82 Å². The van der Waals surface area contributed by atoms with E-state index in [-0.39, 0.29) is 24.3 Å². The SMILES string of the molecule is CN(CC(=O)Nc1ccccc1Cl)C(=O)C1CCN(c2ccc(C(F)(F)F)cn2)CC1. The normalized spacial score (nSPS) is 14.9. The van der Waals surface area contributed by atoms with Crippen LogP contribution >= 0.6 is 11.6 Å². The van der Waals surface area contributed by atoms with Crippen molar-refractivity contribution in [1.82, 2.24) is 9.88 Å². The summed E-state index contributed by atoms with van der Waals surface area (Å²) in [6, 6.07) is 9.18. The number of para-hydroxylation sites is 1. The van der Waals surface area contributed by atoms with Crippen molar-refractivity contribution < 1.29 is 22.8 Å². The molecule has 0 aliphatic carbocycles. The molecule has 166 valence electrons. The van der Waals surface area contributed by atoms with E-state index in [2.05, 4.69) is 10.3 Å². The van der Waals surface area contributed by atoms with Gasteiger partial charge < -0.3 is 15.1 Å². The van der Waals surface area contributed by atoms with Crippen molar-refractivity contribution in [3.05, 3.63) is 53.2 Å². The molecule has 0 saturated carbocycles. The van der Waals surface area contributed by atoms with Crippen LogP contribution in [0.15, 0.2) is 42.6 Å². The highest BCUT2D eigenvalue weighted by molar-refractivity contribution is 6.33. The van der Waals surface area contributed by atoms with Crippen molar-refractivity contribution in [2.45, 2.75) is 19.0 Å². The lowest BCUT2D eigenvalue weighted by Crippen LogP contribution is -2.43. The summed E-state index contributed by atoms with van der Waals surface area (Å²) in [4.78, 5) is 32.1. The molecule has 0 spiro atoms. The number of alkyl halides is 3. The monoisotopic (exact) mass is 454 g/mol. The van der Waals surface area contributed by atoms with E-state index < -0.39 is 11.7 Å². The van der Waals surface area contributed by atoms with Crippen molar-refractivity contribution in [3.8, 4) is 0 Å². The summed E-state index contributed by atoms with van der Waals surface area (Å²) in [6.07, 6.45) is -2.55. The molecule has 1 aliphatic heterocycles. The average Bonchev–Trinajstić information content (AvgIpc) is 2.74. The summed E-state index contributed by atoms with van der Waals surface area (Å²) < 4.78 is 38.0. The van der Waals surface area contributed by atoms with Crippen molar-refractivity contribution >= 4 is 34.9 Å². The van der Waals surface area contributed by atoms with E-state index in [1.54, 1.807) is 31.3 Å². The van der Waals surface area contributed by atoms with Gasteiger partial charge >= 0.3 is 6.18 Å². The first-order valence-electron chi connectivity index (χ1n) is 9.72. The van der Waals surface area contributed by atoms with Crippen molar-refractivity contribution in [2.75, 3.05) is 36.9 Å². The van der Waals surface area contributed by atoms with Gasteiger partial charge in [0.2, 0.25) is 11.8 Å². The Bertz CT molecular complexity index is 929.